The van der Waals surface area contributed by atoms with Crippen LogP contribution in [0, 0.1) is 5.41 Å². The number of carbonyl (C=O) groups is 1. The van der Waals surface area contributed by atoms with Gasteiger partial charge in [-0.2, -0.15) is 0 Å². The van der Waals surface area contributed by atoms with Gasteiger partial charge in [-0.3, -0.25) is 4.79 Å². The molecule has 1 heterocycles. The van der Waals surface area contributed by atoms with Gasteiger partial charge < -0.3 is 33.8 Å². The standard InChI is InChI=1S/C30H49ClF3N3O5Si/c1-21(35-22-10-11-23(31)24(18-22)41-30(32,33)34)27(38)37(20-26(39-5)40-6)16-9-15-36-17-14-29(12-13-29)25(19-36)42-43(7,8)28(2,3)4/h10-11,18,21,25-26,35H,9,12-17,19-20H2,1-8H3/t21?,25-/m1/s1. The Morgan fingerprint density at radius 1 is 1.19 bits per heavy atom. The number of likely N-dealkylation sites (tertiary alicyclic amines) is 1. The molecule has 1 saturated heterocycles. The maximum absolute atomic E-state index is 13.6. The smallest absolute Gasteiger partial charge is 0.412 e. The Labute approximate surface area is 260 Å². The van der Waals surface area contributed by atoms with E-state index in [0.29, 0.717) is 12.0 Å². The molecule has 0 aromatic heterocycles. The van der Waals surface area contributed by atoms with Crippen molar-refractivity contribution in [2.24, 2.45) is 5.41 Å². The third-order valence-corrected chi connectivity index (χ3v) is 14.0. The summed E-state index contributed by atoms with van der Waals surface area (Å²) in [5.74, 6) is -0.776. The highest BCUT2D eigenvalue weighted by Crippen LogP contribution is 2.56. The number of anilines is 1. The van der Waals surface area contributed by atoms with Crippen molar-refractivity contribution in [1.82, 2.24) is 9.80 Å². The molecule has 3 rings (SSSR count). The molecule has 2 aliphatic rings. The van der Waals surface area contributed by atoms with Gasteiger partial charge in [0.1, 0.15) is 11.8 Å². The van der Waals surface area contributed by atoms with E-state index in [9.17, 15) is 18.0 Å². The van der Waals surface area contributed by atoms with Gasteiger partial charge in [-0.05, 0) is 81.4 Å². The third kappa shape index (κ3) is 9.96. The SMILES string of the molecule is COC(CN(CCCN1CCC2(CC2)[C@H](O[Si](C)(C)C(C)(C)C)C1)C(=O)C(C)Nc1ccc(Cl)c(OC(F)(F)F)c1)OC. The van der Waals surface area contributed by atoms with Crippen molar-refractivity contribution in [2.75, 3.05) is 52.3 Å². The lowest BCUT2D eigenvalue weighted by Gasteiger charge is -2.46. The molecule has 1 aromatic rings. The molecule has 1 N–H and O–H groups in total. The largest absolute Gasteiger partial charge is 0.573 e. The first-order chi connectivity index (χ1) is 19.9. The van der Waals surface area contributed by atoms with Crippen LogP contribution in [0.5, 0.6) is 5.75 Å². The van der Waals surface area contributed by atoms with Crippen molar-refractivity contribution in [3.63, 3.8) is 0 Å². The molecule has 43 heavy (non-hydrogen) atoms. The number of nitrogens with zero attached hydrogens (tertiary/aromatic N) is 2. The Morgan fingerprint density at radius 3 is 2.40 bits per heavy atom. The first-order valence-corrected chi connectivity index (χ1v) is 18.2. The lowest BCUT2D eigenvalue weighted by Crippen LogP contribution is -2.53. The van der Waals surface area contributed by atoms with Gasteiger partial charge in [-0.25, -0.2) is 0 Å². The summed E-state index contributed by atoms with van der Waals surface area (Å²) in [5, 5.41) is 2.94. The first kappa shape index (κ1) is 35.9. The number of methoxy groups -OCH3 is 2. The molecule has 1 saturated carbocycles. The monoisotopic (exact) mass is 651 g/mol. The molecule has 0 radical (unpaired) electrons. The average molecular weight is 652 g/mol. The summed E-state index contributed by atoms with van der Waals surface area (Å²) in [5.41, 5.74) is 0.598. The van der Waals surface area contributed by atoms with E-state index in [4.69, 9.17) is 25.5 Å². The number of hydrogen-bond acceptors (Lipinski definition) is 7. The minimum absolute atomic E-state index is 0.148. The van der Waals surface area contributed by atoms with Gasteiger partial charge in [0, 0.05) is 39.1 Å². The summed E-state index contributed by atoms with van der Waals surface area (Å²) in [6, 6.07) is 3.17. The van der Waals surface area contributed by atoms with Crippen LogP contribution in [0.2, 0.25) is 23.2 Å². The van der Waals surface area contributed by atoms with Crippen LogP contribution < -0.4 is 10.1 Å². The summed E-state index contributed by atoms with van der Waals surface area (Å²) < 4.78 is 60.0. The number of benzene rings is 1. The lowest BCUT2D eigenvalue weighted by atomic mass is 9.90. The Kier molecular flexibility index (Phi) is 11.9. The molecule has 2 atom stereocenters. The van der Waals surface area contributed by atoms with Crippen molar-refractivity contribution >= 4 is 31.5 Å². The van der Waals surface area contributed by atoms with E-state index in [1.165, 1.54) is 39.2 Å². The van der Waals surface area contributed by atoms with Gasteiger partial charge in [-0.1, -0.05) is 32.4 Å². The molecule has 1 amide bonds. The molecule has 1 aliphatic heterocycles. The van der Waals surface area contributed by atoms with E-state index in [1.807, 2.05) is 0 Å². The normalized spacial score (nSPS) is 19.9. The highest BCUT2D eigenvalue weighted by atomic mass is 35.5. The predicted octanol–water partition coefficient (Wildman–Crippen LogP) is 6.75. The summed E-state index contributed by atoms with van der Waals surface area (Å²) in [6.07, 6.45) is -0.928. The van der Waals surface area contributed by atoms with Crippen molar-refractivity contribution in [1.29, 1.82) is 0 Å². The molecule has 0 bridgehead atoms. The van der Waals surface area contributed by atoms with Crippen LogP contribution in [0.15, 0.2) is 18.2 Å². The molecule has 1 unspecified atom stereocenters. The van der Waals surface area contributed by atoms with Crippen LogP contribution in [-0.4, -0.2) is 95.8 Å². The molecule has 1 spiro atoms. The number of rotatable bonds is 14. The van der Waals surface area contributed by atoms with Crippen LogP contribution in [0.3, 0.4) is 0 Å². The summed E-state index contributed by atoms with van der Waals surface area (Å²) in [6.45, 7) is 16.5. The number of carbonyl (C=O) groups excluding carboxylic acids is 1. The second kappa shape index (κ2) is 14.2. The molecule has 1 aromatic carbocycles. The predicted molar refractivity (Wildman–Crippen MR) is 165 cm³/mol. The van der Waals surface area contributed by atoms with Gasteiger partial charge in [0.15, 0.2) is 14.6 Å². The van der Waals surface area contributed by atoms with Gasteiger partial charge in [0.25, 0.3) is 0 Å². The van der Waals surface area contributed by atoms with Crippen LogP contribution in [0.4, 0.5) is 18.9 Å². The highest BCUT2D eigenvalue weighted by Gasteiger charge is 2.54. The van der Waals surface area contributed by atoms with E-state index in [1.54, 1.807) is 11.8 Å². The number of nitrogens with one attached hydrogen (secondary N) is 1. The second-order valence-electron chi connectivity index (χ2n) is 13.4. The number of ether oxygens (including phenoxy) is 3. The fraction of sp³-hybridized carbons (Fsp3) is 0.767. The molecule has 13 heteroatoms. The van der Waals surface area contributed by atoms with Crippen LogP contribution in [-0.2, 0) is 18.7 Å². The van der Waals surface area contributed by atoms with Crippen molar-refractivity contribution in [3.8, 4) is 5.75 Å². The van der Waals surface area contributed by atoms with Crippen molar-refractivity contribution in [3.05, 3.63) is 23.2 Å². The van der Waals surface area contributed by atoms with Crippen LogP contribution >= 0.6 is 11.6 Å². The Bertz CT molecular complexity index is 1080. The maximum Gasteiger partial charge on any atom is 0.573 e. The fourth-order valence-electron chi connectivity index (χ4n) is 5.28. The Morgan fingerprint density at radius 2 is 1.84 bits per heavy atom. The molecule has 1 aliphatic carbocycles. The second-order valence-corrected chi connectivity index (χ2v) is 18.5. The van der Waals surface area contributed by atoms with Gasteiger partial charge in [0.2, 0.25) is 5.91 Å². The zero-order valence-corrected chi connectivity index (χ0v) is 28.5. The molecule has 2 fully saturated rings. The quantitative estimate of drug-likeness (QED) is 0.176. The average Bonchev–Trinajstić information content (AvgIpc) is 3.68. The Hall–Kier alpha value is -1.57. The number of piperidine rings is 1. The molecular weight excluding hydrogens is 603 g/mol. The number of halogens is 4. The van der Waals surface area contributed by atoms with E-state index < -0.39 is 32.8 Å². The van der Waals surface area contributed by atoms with Gasteiger partial charge >= 0.3 is 6.36 Å². The Balaban J connectivity index is 1.63. The zero-order chi connectivity index (χ0) is 32.2. The van der Waals surface area contributed by atoms with Gasteiger partial charge in [-0.15, -0.1) is 13.2 Å². The topological polar surface area (TPSA) is 72.5 Å². The number of amides is 1. The zero-order valence-electron chi connectivity index (χ0n) is 26.8. The van der Waals surface area contributed by atoms with Crippen molar-refractivity contribution < 1.29 is 36.6 Å². The highest BCUT2D eigenvalue weighted by molar-refractivity contribution is 6.74. The van der Waals surface area contributed by atoms with Crippen LogP contribution in [0.25, 0.3) is 0 Å². The third-order valence-electron chi connectivity index (χ3n) is 9.19. The van der Waals surface area contributed by atoms with E-state index in [-0.39, 0.29) is 34.3 Å². The molecular formula is C30H49ClF3N3O5Si. The van der Waals surface area contributed by atoms with E-state index in [2.05, 4.69) is 48.8 Å². The fourth-order valence-corrected chi connectivity index (χ4v) is 6.82. The van der Waals surface area contributed by atoms with Crippen LogP contribution in [0.1, 0.15) is 53.4 Å². The summed E-state index contributed by atoms with van der Waals surface area (Å²) in [7, 11) is 1.11. The van der Waals surface area contributed by atoms with E-state index in [0.717, 1.165) is 38.5 Å². The molecule has 8 nitrogen and oxygen atoms in total. The summed E-state index contributed by atoms with van der Waals surface area (Å²) >= 11 is 5.88. The maximum atomic E-state index is 13.6. The first-order valence-electron chi connectivity index (χ1n) is 15.0. The minimum atomic E-state index is -4.89. The molecule has 246 valence electrons. The summed E-state index contributed by atoms with van der Waals surface area (Å²) in [4.78, 5) is 17.7. The lowest BCUT2D eigenvalue weighted by molar-refractivity contribution is -0.274. The van der Waals surface area contributed by atoms with Gasteiger partial charge in [0.05, 0.1) is 17.7 Å². The van der Waals surface area contributed by atoms with Crippen molar-refractivity contribution in [2.45, 2.75) is 96.3 Å². The number of hydrogen-bond donors (Lipinski definition) is 1. The number of alkyl halides is 3. The van der Waals surface area contributed by atoms with E-state index >= 15 is 0 Å². The minimum Gasteiger partial charge on any atom is -0.412 e.